The highest BCUT2D eigenvalue weighted by atomic mass is 32.1. The van der Waals surface area contributed by atoms with Gasteiger partial charge < -0.3 is 16.4 Å². The molecule has 5 nitrogen and oxygen atoms in total. The lowest BCUT2D eigenvalue weighted by Gasteiger charge is -2.25. The number of piperidine rings is 1. The fourth-order valence-electron chi connectivity index (χ4n) is 1.89. The van der Waals surface area contributed by atoms with Gasteiger partial charge in [0.1, 0.15) is 0 Å². The Morgan fingerprint density at radius 2 is 2.25 bits per heavy atom. The standard InChI is InChI=1S/C10H15N3O2S/c11-8(16)10(3-4-10)9(15)13-6-1-2-7(14)12-5-6/h6H,1-5H2,(H2,11,16)(H,12,14)(H,13,15). The molecule has 2 rings (SSSR count). The number of hydrogen-bond acceptors (Lipinski definition) is 3. The van der Waals surface area contributed by atoms with Crippen LogP contribution in [0.4, 0.5) is 0 Å². The number of hydrogen-bond donors (Lipinski definition) is 3. The molecule has 4 N–H and O–H groups in total. The van der Waals surface area contributed by atoms with E-state index in [-0.39, 0.29) is 22.8 Å². The van der Waals surface area contributed by atoms with Crippen LogP contribution in [0.5, 0.6) is 0 Å². The van der Waals surface area contributed by atoms with E-state index >= 15 is 0 Å². The van der Waals surface area contributed by atoms with E-state index in [1.807, 2.05) is 0 Å². The Kier molecular flexibility index (Phi) is 2.84. The first-order valence-electron chi connectivity index (χ1n) is 5.42. The van der Waals surface area contributed by atoms with Gasteiger partial charge in [-0.15, -0.1) is 0 Å². The summed E-state index contributed by atoms with van der Waals surface area (Å²) in [6.45, 7) is 0.498. The fraction of sp³-hybridized carbons (Fsp3) is 0.700. The van der Waals surface area contributed by atoms with E-state index < -0.39 is 5.41 Å². The van der Waals surface area contributed by atoms with Gasteiger partial charge in [0.05, 0.1) is 10.4 Å². The van der Waals surface area contributed by atoms with Crippen molar-refractivity contribution >= 4 is 29.0 Å². The fourth-order valence-corrected chi connectivity index (χ4v) is 2.19. The van der Waals surface area contributed by atoms with Gasteiger partial charge in [-0.3, -0.25) is 9.59 Å². The molecular weight excluding hydrogens is 226 g/mol. The lowest BCUT2D eigenvalue weighted by Crippen LogP contribution is -2.51. The zero-order valence-corrected chi connectivity index (χ0v) is 9.73. The minimum Gasteiger partial charge on any atom is -0.392 e. The van der Waals surface area contributed by atoms with Crippen molar-refractivity contribution in [2.75, 3.05) is 6.54 Å². The summed E-state index contributed by atoms with van der Waals surface area (Å²) in [6, 6.07) is 0.0111. The zero-order chi connectivity index (χ0) is 11.8. The Morgan fingerprint density at radius 1 is 1.56 bits per heavy atom. The van der Waals surface area contributed by atoms with Gasteiger partial charge in [-0.2, -0.15) is 0 Å². The SMILES string of the molecule is NC(=S)C1(C(=O)NC2CCC(=O)NC2)CC1. The number of amides is 2. The molecule has 1 aliphatic heterocycles. The number of carbonyl (C=O) groups is 2. The third-order valence-corrected chi connectivity index (χ3v) is 3.65. The lowest BCUT2D eigenvalue weighted by molar-refractivity contribution is -0.127. The Hall–Kier alpha value is -1.17. The van der Waals surface area contributed by atoms with Crippen LogP contribution in [0.1, 0.15) is 25.7 Å². The van der Waals surface area contributed by atoms with Crippen molar-refractivity contribution < 1.29 is 9.59 Å². The highest BCUT2D eigenvalue weighted by Crippen LogP contribution is 2.46. The molecule has 2 fully saturated rings. The van der Waals surface area contributed by atoms with Crippen LogP contribution in [0.15, 0.2) is 0 Å². The van der Waals surface area contributed by atoms with E-state index in [0.717, 1.165) is 12.8 Å². The maximum atomic E-state index is 11.9. The topological polar surface area (TPSA) is 84.2 Å². The quantitative estimate of drug-likeness (QED) is 0.579. The van der Waals surface area contributed by atoms with E-state index in [1.54, 1.807) is 0 Å². The molecule has 1 aliphatic carbocycles. The van der Waals surface area contributed by atoms with Crippen LogP contribution in [-0.4, -0.2) is 29.4 Å². The lowest BCUT2D eigenvalue weighted by atomic mass is 10.0. The van der Waals surface area contributed by atoms with Gasteiger partial charge in [0.2, 0.25) is 11.8 Å². The molecule has 1 heterocycles. The molecule has 16 heavy (non-hydrogen) atoms. The van der Waals surface area contributed by atoms with Crippen LogP contribution >= 0.6 is 12.2 Å². The van der Waals surface area contributed by atoms with Gasteiger partial charge in [0.15, 0.2) is 0 Å². The maximum absolute atomic E-state index is 11.9. The first kappa shape index (κ1) is 11.3. The molecule has 1 saturated carbocycles. The van der Waals surface area contributed by atoms with Crippen LogP contribution in [0.3, 0.4) is 0 Å². The third-order valence-electron chi connectivity index (χ3n) is 3.26. The molecule has 0 aromatic rings. The summed E-state index contributed by atoms with van der Waals surface area (Å²) in [5, 5.41) is 5.62. The van der Waals surface area contributed by atoms with Crippen molar-refractivity contribution in [3.63, 3.8) is 0 Å². The molecule has 0 spiro atoms. The third kappa shape index (κ3) is 2.02. The number of thiocarbonyl (C=S) groups is 1. The molecule has 1 saturated heterocycles. The van der Waals surface area contributed by atoms with Crippen molar-refractivity contribution in [1.29, 1.82) is 0 Å². The number of nitrogens with one attached hydrogen (secondary N) is 2. The first-order valence-corrected chi connectivity index (χ1v) is 5.83. The van der Waals surface area contributed by atoms with Crippen molar-refractivity contribution in [2.24, 2.45) is 11.1 Å². The van der Waals surface area contributed by atoms with Crippen LogP contribution in [0, 0.1) is 5.41 Å². The summed E-state index contributed by atoms with van der Waals surface area (Å²) in [5.41, 5.74) is 4.96. The monoisotopic (exact) mass is 241 g/mol. The first-order chi connectivity index (χ1) is 7.54. The van der Waals surface area contributed by atoms with Crippen molar-refractivity contribution in [2.45, 2.75) is 31.7 Å². The molecule has 88 valence electrons. The molecule has 0 bridgehead atoms. The summed E-state index contributed by atoms with van der Waals surface area (Å²) in [6.07, 6.45) is 2.64. The second-order valence-corrected chi connectivity index (χ2v) is 4.90. The van der Waals surface area contributed by atoms with Gasteiger partial charge in [-0.05, 0) is 19.3 Å². The predicted molar refractivity (Wildman–Crippen MR) is 62.6 cm³/mol. The highest BCUT2D eigenvalue weighted by molar-refractivity contribution is 7.80. The van der Waals surface area contributed by atoms with E-state index in [1.165, 1.54) is 0 Å². The molecule has 0 aromatic carbocycles. The van der Waals surface area contributed by atoms with E-state index in [2.05, 4.69) is 10.6 Å². The van der Waals surface area contributed by atoms with Gasteiger partial charge in [0, 0.05) is 19.0 Å². The highest BCUT2D eigenvalue weighted by Gasteiger charge is 2.53. The van der Waals surface area contributed by atoms with Crippen LogP contribution in [0.25, 0.3) is 0 Å². The van der Waals surface area contributed by atoms with Gasteiger partial charge in [-0.1, -0.05) is 12.2 Å². The van der Waals surface area contributed by atoms with E-state index in [9.17, 15) is 9.59 Å². The molecule has 1 unspecified atom stereocenters. The molecule has 6 heteroatoms. The minimum absolute atomic E-state index is 0.0111. The summed E-state index contributed by atoms with van der Waals surface area (Å²) in [4.78, 5) is 23.2. The average molecular weight is 241 g/mol. The smallest absolute Gasteiger partial charge is 0.233 e. The maximum Gasteiger partial charge on any atom is 0.233 e. The second-order valence-electron chi connectivity index (χ2n) is 4.46. The normalized spacial score (nSPS) is 26.8. The molecule has 0 aromatic heterocycles. The average Bonchev–Trinajstić information content (AvgIpc) is 3.02. The summed E-state index contributed by atoms with van der Waals surface area (Å²) in [5.74, 6) is -0.0397. The van der Waals surface area contributed by atoms with Crippen LogP contribution < -0.4 is 16.4 Å². The van der Waals surface area contributed by atoms with Gasteiger partial charge in [-0.25, -0.2) is 0 Å². The summed E-state index contributed by atoms with van der Waals surface area (Å²) < 4.78 is 0. The minimum atomic E-state index is -0.600. The van der Waals surface area contributed by atoms with Crippen molar-refractivity contribution in [3.05, 3.63) is 0 Å². The summed E-state index contributed by atoms with van der Waals surface area (Å²) >= 11 is 4.90. The Morgan fingerprint density at radius 3 is 2.69 bits per heavy atom. The number of nitrogens with two attached hydrogens (primary N) is 1. The zero-order valence-electron chi connectivity index (χ0n) is 8.91. The van der Waals surface area contributed by atoms with Crippen LogP contribution in [0.2, 0.25) is 0 Å². The summed E-state index contributed by atoms with van der Waals surface area (Å²) in [7, 11) is 0. The van der Waals surface area contributed by atoms with Crippen molar-refractivity contribution in [1.82, 2.24) is 10.6 Å². The van der Waals surface area contributed by atoms with Crippen LogP contribution in [-0.2, 0) is 9.59 Å². The van der Waals surface area contributed by atoms with E-state index in [0.29, 0.717) is 19.4 Å². The van der Waals surface area contributed by atoms with Gasteiger partial charge in [0.25, 0.3) is 0 Å². The predicted octanol–water partition coefficient (Wildman–Crippen LogP) is -0.553. The number of rotatable bonds is 3. The molecule has 2 amide bonds. The second kappa shape index (κ2) is 4.01. The Labute approximate surface area is 99.1 Å². The van der Waals surface area contributed by atoms with Crippen molar-refractivity contribution in [3.8, 4) is 0 Å². The molecule has 2 aliphatic rings. The van der Waals surface area contributed by atoms with Gasteiger partial charge >= 0.3 is 0 Å². The van der Waals surface area contributed by atoms with E-state index in [4.69, 9.17) is 18.0 Å². The molecule has 1 atom stereocenters. The largest absolute Gasteiger partial charge is 0.392 e. The Bertz CT molecular complexity index is 342. The Balaban J connectivity index is 1.88. The number of carbonyl (C=O) groups excluding carboxylic acids is 2. The molecular formula is C10H15N3O2S. The molecule has 0 radical (unpaired) electrons.